The lowest BCUT2D eigenvalue weighted by Crippen LogP contribution is -2.01. The van der Waals surface area contributed by atoms with Crippen LogP contribution in [0.3, 0.4) is 0 Å². The van der Waals surface area contributed by atoms with Crippen LogP contribution < -0.4 is 4.74 Å². The van der Waals surface area contributed by atoms with Gasteiger partial charge in [-0.05, 0) is 35.9 Å². The van der Waals surface area contributed by atoms with Gasteiger partial charge in [0, 0.05) is 7.05 Å². The highest BCUT2D eigenvalue weighted by atomic mass is 19.3. The molecule has 0 N–H and O–H groups in total. The quantitative estimate of drug-likeness (QED) is 0.674. The molecule has 0 fully saturated rings. The molecule has 0 saturated heterocycles. The van der Waals surface area contributed by atoms with Gasteiger partial charge in [-0.1, -0.05) is 24.3 Å². The van der Waals surface area contributed by atoms with E-state index in [1.807, 2.05) is 35.9 Å². The van der Waals surface area contributed by atoms with Gasteiger partial charge in [0.15, 0.2) is 5.82 Å². The third-order valence-electron chi connectivity index (χ3n) is 3.56. The Kier molecular flexibility index (Phi) is 4.25. The number of imidazole rings is 1. The van der Waals surface area contributed by atoms with Crippen molar-refractivity contribution in [3.63, 3.8) is 0 Å². The zero-order valence-electron chi connectivity index (χ0n) is 12.8. The van der Waals surface area contributed by atoms with Crippen LogP contribution in [0.5, 0.6) is 5.75 Å². The Morgan fingerprint density at radius 3 is 2.54 bits per heavy atom. The van der Waals surface area contributed by atoms with Gasteiger partial charge in [0.1, 0.15) is 11.8 Å². The summed E-state index contributed by atoms with van der Waals surface area (Å²) in [5.41, 5.74) is 2.81. The van der Waals surface area contributed by atoms with Crippen LogP contribution in [0, 0.1) is 11.3 Å². The normalized spacial score (nSPS) is 11.7. The van der Waals surface area contributed by atoms with E-state index >= 15 is 0 Å². The Bertz CT molecular complexity index is 937. The van der Waals surface area contributed by atoms with E-state index in [1.165, 1.54) is 12.1 Å². The number of benzene rings is 2. The summed E-state index contributed by atoms with van der Waals surface area (Å²) in [7, 11) is 1.84. The highest BCUT2D eigenvalue weighted by Crippen LogP contribution is 2.23. The van der Waals surface area contributed by atoms with Crippen LogP contribution in [0.2, 0.25) is 0 Å². The molecule has 4 nitrogen and oxygen atoms in total. The molecule has 2 aromatic carbocycles. The van der Waals surface area contributed by atoms with Crippen molar-refractivity contribution < 1.29 is 13.5 Å². The number of rotatable bonds is 4. The van der Waals surface area contributed by atoms with Crippen molar-refractivity contribution >= 4 is 22.7 Å². The highest BCUT2D eigenvalue weighted by molar-refractivity contribution is 5.90. The molecule has 0 saturated carbocycles. The van der Waals surface area contributed by atoms with Gasteiger partial charge in [-0.2, -0.15) is 14.0 Å². The van der Waals surface area contributed by atoms with E-state index in [9.17, 15) is 14.0 Å². The smallest absolute Gasteiger partial charge is 0.387 e. The van der Waals surface area contributed by atoms with Crippen LogP contribution in [-0.2, 0) is 7.05 Å². The van der Waals surface area contributed by atoms with Crippen LogP contribution in [0.4, 0.5) is 8.78 Å². The molecule has 0 aliphatic rings. The second-order valence-electron chi connectivity index (χ2n) is 5.10. The Labute approximate surface area is 137 Å². The molecule has 0 unspecified atom stereocenters. The number of nitrogens with zero attached hydrogens (tertiary/aromatic N) is 3. The summed E-state index contributed by atoms with van der Waals surface area (Å²) in [6.45, 7) is -2.86. The number of alkyl halides is 2. The molecule has 0 aliphatic heterocycles. The fourth-order valence-electron chi connectivity index (χ4n) is 2.45. The lowest BCUT2D eigenvalue weighted by atomic mass is 10.1. The van der Waals surface area contributed by atoms with Gasteiger partial charge in [-0.15, -0.1) is 0 Å². The highest BCUT2D eigenvalue weighted by Gasteiger charge is 2.12. The van der Waals surface area contributed by atoms with Gasteiger partial charge < -0.3 is 9.30 Å². The molecule has 3 aromatic rings. The lowest BCUT2D eigenvalue weighted by molar-refractivity contribution is -0.0498. The number of halogens is 2. The number of allylic oxidation sites excluding steroid dienone is 1. The first-order chi connectivity index (χ1) is 11.6. The van der Waals surface area contributed by atoms with Crippen molar-refractivity contribution in [2.75, 3.05) is 0 Å². The molecule has 3 rings (SSSR count). The summed E-state index contributed by atoms with van der Waals surface area (Å²) in [5, 5.41) is 9.47. The maximum atomic E-state index is 12.2. The van der Waals surface area contributed by atoms with Gasteiger partial charge in [0.2, 0.25) is 0 Å². The van der Waals surface area contributed by atoms with Crippen LogP contribution in [-0.4, -0.2) is 16.2 Å². The third-order valence-corrected chi connectivity index (χ3v) is 3.56. The molecule has 1 heterocycles. The van der Waals surface area contributed by atoms with Crippen molar-refractivity contribution in [3.8, 4) is 11.8 Å². The second kappa shape index (κ2) is 6.50. The maximum Gasteiger partial charge on any atom is 0.387 e. The molecule has 0 spiro atoms. The summed E-state index contributed by atoms with van der Waals surface area (Å²) < 4.78 is 30.5. The molecule has 0 radical (unpaired) electrons. The topological polar surface area (TPSA) is 50.8 Å². The first-order valence-electron chi connectivity index (χ1n) is 7.17. The number of hydrogen-bond acceptors (Lipinski definition) is 3. The first kappa shape index (κ1) is 15.7. The molecule has 0 bridgehead atoms. The molecule has 24 heavy (non-hydrogen) atoms. The molecule has 0 amide bonds. The Morgan fingerprint density at radius 1 is 1.21 bits per heavy atom. The maximum absolute atomic E-state index is 12.2. The van der Waals surface area contributed by atoms with Crippen molar-refractivity contribution in [1.29, 1.82) is 5.26 Å². The average molecular weight is 325 g/mol. The molecule has 1 aromatic heterocycles. The molecule has 0 atom stereocenters. The number of para-hydroxylation sites is 2. The van der Waals surface area contributed by atoms with Crippen molar-refractivity contribution in [3.05, 3.63) is 59.9 Å². The number of nitriles is 1. The second-order valence-corrected chi connectivity index (χ2v) is 5.10. The van der Waals surface area contributed by atoms with Crippen molar-refractivity contribution in [2.24, 2.45) is 7.05 Å². The molecule has 0 aliphatic carbocycles. The largest absolute Gasteiger partial charge is 0.435 e. The van der Waals surface area contributed by atoms with Gasteiger partial charge in [-0.3, -0.25) is 0 Å². The summed E-state index contributed by atoms with van der Waals surface area (Å²) >= 11 is 0. The van der Waals surface area contributed by atoms with Crippen molar-refractivity contribution in [2.45, 2.75) is 6.61 Å². The predicted octanol–water partition coefficient (Wildman–Crippen LogP) is 4.24. The molecule has 120 valence electrons. The summed E-state index contributed by atoms with van der Waals surface area (Å²) in [4.78, 5) is 4.48. The Morgan fingerprint density at radius 2 is 1.92 bits per heavy atom. The predicted molar refractivity (Wildman–Crippen MR) is 87.3 cm³/mol. The van der Waals surface area contributed by atoms with E-state index in [-0.39, 0.29) is 5.75 Å². The van der Waals surface area contributed by atoms with Crippen LogP contribution >= 0.6 is 0 Å². The van der Waals surface area contributed by atoms with Gasteiger partial charge in [-0.25, -0.2) is 4.98 Å². The van der Waals surface area contributed by atoms with Gasteiger partial charge >= 0.3 is 6.61 Å². The first-order valence-corrected chi connectivity index (χ1v) is 7.17. The Balaban J connectivity index is 1.97. The van der Waals surface area contributed by atoms with E-state index in [1.54, 1.807) is 18.2 Å². The van der Waals surface area contributed by atoms with E-state index in [4.69, 9.17) is 0 Å². The number of fused-ring (bicyclic) bond motifs is 1. The molecule has 6 heteroatoms. The fourth-order valence-corrected chi connectivity index (χ4v) is 2.45. The SMILES string of the molecule is Cn1c(C(C#N)=Cc2ccc(OC(F)F)cc2)nc2ccccc21. The molecular formula is C18H13F2N3O. The number of aryl methyl sites for hydroxylation is 1. The number of aromatic nitrogens is 2. The summed E-state index contributed by atoms with van der Waals surface area (Å²) in [6, 6.07) is 15.8. The standard InChI is InChI=1S/C18H13F2N3O/c1-23-16-5-3-2-4-15(16)22-17(23)13(11-21)10-12-6-8-14(9-7-12)24-18(19)20/h2-10,18H,1H3. The molecular weight excluding hydrogens is 312 g/mol. The monoisotopic (exact) mass is 325 g/mol. The number of ether oxygens (including phenoxy) is 1. The summed E-state index contributed by atoms with van der Waals surface area (Å²) in [6.07, 6.45) is 1.66. The van der Waals surface area contributed by atoms with E-state index in [0.29, 0.717) is 17.0 Å². The van der Waals surface area contributed by atoms with Crippen LogP contribution in [0.15, 0.2) is 48.5 Å². The van der Waals surface area contributed by atoms with Crippen LogP contribution in [0.25, 0.3) is 22.7 Å². The Hall–Kier alpha value is -3.20. The lowest BCUT2D eigenvalue weighted by Gasteiger charge is -2.04. The zero-order valence-corrected chi connectivity index (χ0v) is 12.8. The zero-order chi connectivity index (χ0) is 17.1. The van der Waals surface area contributed by atoms with E-state index < -0.39 is 6.61 Å². The average Bonchev–Trinajstić information content (AvgIpc) is 2.91. The third kappa shape index (κ3) is 3.10. The van der Waals surface area contributed by atoms with Crippen molar-refractivity contribution in [1.82, 2.24) is 9.55 Å². The summed E-state index contributed by atoms with van der Waals surface area (Å²) in [5.74, 6) is 0.620. The fraction of sp³-hybridized carbons (Fsp3) is 0.111. The van der Waals surface area contributed by atoms with Crippen LogP contribution in [0.1, 0.15) is 11.4 Å². The van der Waals surface area contributed by atoms with Gasteiger partial charge in [0.25, 0.3) is 0 Å². The van der Waals surface area contributed by atoms with E-state index in [2.05, 4.69) is 15.8 Å². The van der Waals surface area contributed by atoms with Gasteiger partial charge in [0.05, 0.1) is 16.6 Å². The minimum Gasteiger partial charge on any atom is -0.435 e. The minimum absolute atomic E-state index is 0.0726. The minimum atomic E-state index is -2.86. The number of hydrogen-bond donors (Lipinski definition) is 0. The van der Waals surface area contributed by atoms with E-state index in [0.717, 1.165) is 11.0 Å².